The number of likely N-dealkylation sites (N-methyl/N-ethyl adjacent to an activating group) is 2. The van der Waals surface area contributed by atoms with E-state index in [-0.39, 0.29) is 0 Å². The predicted molar refractivity (Wildman–Crippen MR) is 64.1 cm³/mol. The van der Waals surface area contributed by atoms with Gasteiger partial charge in [0.25, 0.3) is 0 Å². The van der Waals surface area contributed by atoms with Gasteiger partial charge in [0.2, 0.25) is 0 Å². The van der Waals surface area contributed by atoms with Gasteiger partial charge in [0.1, 0.15) is 0 Å². The molecule has 14 heavy (non-hydrogen) atoms. The van der Waals surface area contributed by atoms with Crippen molar-refractivity contribution < 1.29 is 0 Å². The molecule has 1 heterocycles. The van der Waals surface area contributed by atoms with Gasteiger partial charge in [-0.15, -0.1) is 0 Å². The second-order valence-corrected chi connectivity index (χ2v) is 4.72. The van der Waals surface area contributed by atoms with Gasteiger partial charge in [-0.3, -0.25) is 0 Å². The molecule has 80 valence electrons. The van der Waals surface area contributed by atoms with Gasteiger partial charge in [-0.2, -0.15) is 0 Å². The minimum Gasteiger partial charge on any atom is -0.337 e. The van der Waals surface area contributed by atoms with Crippen LogP contribution in [0.4, 0.5) is 0 Å². The Kier molecular flexibility index (Phi) is 4.01. The Balaban J connectivity index is 2.81. The average molecular weight is 196 g/mol. The normalized spacial score (nSPS) is 21.4. The Morgan fingerprint density at radius 3 is 1.29 bits per heavy atom. The van der Waals surface area contributed by atoms with E-state index in [4.69, 9.17) is 0 Å². The summed E-state index contributed by atoms with van der Waals surface area (Å²) in [5.74, 6) is 0. The molecule has 0 bridgehead atoms. The first-order chi connectivity index (χ1) is 6.45. The van der Waals surface area contributed by atoms with Crippen molar-refractivity contribution in [1.29, 1.82) is 0 Å². The molecule has 6 heteroatoms. The van der Waals surface area contributed by atoms with Gasteiger partial charge in [-0.1, -0.05) is 0 Å². The summed E-state index contributed by atoms with van der Waals surface area (Å²) in [5, 5.41) is 0. The van der Waals surface area contributed by atoms with E-state index >= 15 is 0 Å². The molecule has 0 unspecified atom stereocenters. The maximum Gasteiger partial charge on any atom is 0.312 e. The third-order valence-corrected chi connectivity index (χ3v) is 3.03. The van der Waals surface area contributed by atoms with E-state index in [1.807, 2.05) is 0 Å². The molecule has 0 aromatic heterocycles. The molecule has 0 saturated carbocycles. The first-order valence-electron chi connectivity index (χ1n) is 5.18. The largest absolute Gasteiger partial charge is 0.337 e. The Morgan fingerprint density at radius 2 is 1.07 bits per heavy atom. The first kappa shape index (κ1) is 12.0. The molecule has 1 aliphatic rings. The Morgan fingerprint density at radius 1 is 0.786 bits per heavy atom. The fourth-order valence-corrected chi connectivity index (χ4v) is 2.36. The van der Waals surface area contributed by atoms with E-state index < -0.39 is 0 Å². The van der Waals surface area contributed by atoms with Crippen molar-refractivity contribution in [3.05, 3.63) is 0 Å². The second kappa shape index (κ2) is 4.66. The van der Waals surface area contributed by atoms with Crippen molar-refractivity contribution in [2.24, 2.45) is 0 Å². The molecule has 1 rings (SSSR count). The van der Waals surface area contributed by atoms with E-state index in [1.54, 1.807) is 0 Å². The highest BCUT2D eigenvalue weighted by Crippen LogP contribution is 2.10. The Labute approximate surface area is 89.0 Å². The number of nitrogens with zero attached hydrogens (tertiary/aromatic N) is 4. The smallest absolute Gasteiger partial charge is 0.312 e. The first-order valence-corrected chi connectivity index (χ1v) is 5.18. The summed E-state index contributed by atoms with van der Waals surface area (Å²) in [6, 6.07) is 0. The summed E-state index contributed by atoms with van der Waals surface area (Å²) < 4.78 is 0. The molecule has 0 aliphatic carbocycles. The van der Waals surface area contributed by atoms with Gasteiger partial charge < -0.3 is 19.2 Å². The summed E-state index contributed by atoms with van der Waals surface area (Å²) in [4.78, 5) is 9.43. The molecule has 0 spiro atoms. The van der Waals surface area contributed by atoms with Crippen LogP contribution in [0.15, 0.2) is 0 Å². The SMILES string of the molecule is CN(C)B1B(N(C)C)N(C)CCN1C. The minimum atomic E-state index is 0.476. The predicted octanol–water partition coefficient (Wildman–Crippen LogP) is -0.958. The Bertz CT molecular complexity index is 168. The van der Waals surface area contributed by atoms with Crippen LogP contribution >= 0.6 is 0 Å². The van der Waals surface area contributed by atoms with Crippen LogP contribution in [-0.2, 0) is 0 Å². The minimum absolute atomic E-state index is 0.476. The van der Waals surface area contributed by atoms with Crippen molar-refractivity contribution >= 4 is 13.7 Å². The molecule has 1 fully saturated rings. The quantitative estimate of drug-likeness (QED) is 0.527. The van der Waals surface area contributed by atoms with E-state index in [2.05, 4.69) is 61.5 Å². The topological polar surface area (TPSA) is 13.0 Å². The molecule has 0 amide bonds. The van der Waals surface area contributed by atoms with Gasteiger partial charge >= 0.3 is 13.7 Å². The Hall–Kier alpha value is -0.0301. The van der Waals surface area contributed by atoms with Crippen molar-refractivity contribution in [1.82, 2.24) is 19.2 Å². The van der Waals surface area contributed by atoms with Gasteiger partial charge in [-0.25, -0.2) is 0 Å². The number of rotatable bonds is 2. The molecular weight excluding hydrogens is 174 g/mol. The van der Waals surface area contributed by atoms with Crippen LogP contribution in [0.3, 0.4) is 0 Å². The van der Waals surface area contributed by atoms with Crippen molar-refractivity contribution in [3.8, 4) is 0 Å². The van der Waals surface area contributed by atoms with Gasteiger partial charge in [0.15, 0.2) is 0 Å². The van der Waals surface area contributed by atoms with Crippen LogP contribution in [0.5, 0.6) is 0 Å². The molecule has 1 aliphatic heterocycles. The zero-order valence-electron chi connectivity index (χ0n) is 10.4. The summed E-state index contributed by atoms with van der Waals surface area (Å²) in [6.07, 6.45) is 0. The maximum atomic E-state index is 2.42. The van der Waals surface area contributed by atoms with Crippen LogP contribution in [0.2, 0.25) is 0 Å². The highest BCUT2D eigenvalue weighted by molar-refractivity contribution is 7.17. The lowest BCUT2D eigenvalue weighted by Gasteiger charge is -2.45. The van der Waals surface area contributed by atoms with Gasteiger partial charge in [0, 0.05) is 0 Å². The fraction of sp³-hybridized carbons (Fsp3) is 1.00. The van der Waals surface area contributed by atoms with E-state index in [0.29, 0.717) is 13.7 Å². The summed E-state index contributed by atoms with van der Waals surface area (Å²) in [7, 11) is 13.0. The average Bonchev–Trinajstić information content (AvgIpc) is 2.07. The van der Waals surface area contributed by atoms with Gasteiger partial charge in [-0.05, 0) is 55.4 Å². The van der Waals surface area contributed by atoms with Crippen LogP contribution in [0, 0.1) is 0 Å². The van der Waals surface area contributed by atoms with E-state index in [0.717, 1.165) is 13.1 Å². The second-order valence-electron chi connectivity index (χ2n) is 4.72. The fourth-order valence-electron chi connectivity index (χ4n) is 2.36. The lowest BCUT2D eigenvalue weighted by Crippen LogP contribution is -2.73. The molecule has 0 atom stereocenters. The number of hydrogen-bond donors (Lipinski definition) is 0. The zero-order chi connectivity index (χ0) is 10.9. The van der Waals surface area contributed by atoms with Crippen LogP contribution in [-0.4, -0.2) is 88.4 Å². The van der Waals surface area contributed by atoms with E-state index in [9.17, 15) is 0 Å². The molecule has 4 nitrogen and oxygen atoms in total. The number of hydrogen-bond acceptors (Lipinski definition) is 4. The molecule has 0 aromatic rings. The summed E-state index contributed by atoms with van der Waals surface area (Å²) in [5.41, 5.74) is 0. The molecule has 1 saturated heterocycles. The van der Waals surface area contributed by atoms with Gasteiger partial charge in [0.05, 0.1) is 0 Å². The third kappa shape index (κ3) is 2.31. The third-order valence-electron chi connectivity index (χ3n) is 3.03. The van der Waals surface area contributed by atoms with Crippen molar-refractivity contribution in [2.45, 2.75) is 0 Å². The summed E-state index contributed by atoms with van der Waals surface area (Å²) in [6.45, 7) is 3.24. The van der Waals surface area contributed by atoms with Crippen molar-refractivity contribution in [2.75, 3.05) is 55.4 Å². The van der Waals surface area contributed by atoms with Crippen LogP contribution in [0.25, 0.3) is 0 Å². The van der Waals surface area contributed by atoms with Crippen LogP contribution < -0.4 is 0 Å². The molecule has 0 aromatic carbocycles. The van der Waals surface area contributed by atoms with Crippen LogP contribution in [0.1, 0.15) is 0 Å². The lowest BCUT2D eigenvalue weighted by atomic mass is 9.30. The molecule has 0 radical (unpaired) electrons. The van der Waals surface area contributed by atoms with Crippen molar-refractivity contribution in [3.63, 3.8) is 0 Å². The standard InChI is InChI=1S/C8H22B2N4/c1-11(2)9-10(12(3)4)14(6)8-7-13(9)5/h7-8H2,1-6H3. The molecular formula is C8H22B2N4. The van der Waals surface area contributed by atoms with E-state index in [1.165, 1.54) is 0 Å². The molecule has 0 N–H and O–H groups in total. The monoisotopic (exact) mass is 196 g/mol. The zero-order valence-corrected chi connectivity index (χ0v) is 10.4. The summed E-state index contributed by atoms with van der Waals surface area (Å²) >= 11 is 0. The highest BCUT2D eigenvalue weighted by Gasteiger charge is 2.44. The lowest BCUT2D eigenvalue weighted by molar-refractivity contribution is 0.357. The maximum absolute atomic E-state index is 2.42. The highest BCUT2D eigenvalue weighted by atomic mass is 15.3.